The first kappa shape index (κ1) is 106. The van der Waals surface area contributed by atoms with Gasteiger partial charge in [-0.1, -0.05) is 192 Å². The fraction of sp³-hybridized carbons (Fsp3) is 0.343. The molecule has 0 spiro atoms. The molecule has 776 valence electrons. The first-order valence-electron chi connectivity index (χ1n) is 48.7. The van der Waals surface area contributed by atoms with Crippen LogP contribution in [0.1, 0.15) is 128 Å². The smallest absolute Gasteiger partial charge is 0.324 e. The molecule has 8 aromatic heterocycles. The average molecular weight is 2100 g/mol. The lowest BCUT2D eigenvalue weighted by Crippen LogP contribution is -2.39. The summed E-state index contributed by atoms with van der Waals surface area (Å²) in [6, 6.07) is 68.0. The van der Waals surface area contributed by atoms with E-state index in [1.807, 2.05) is 212 Å². The van der Waals surface area contributed by atoms with Crippen molar-refractivity contribution in [1.29, 1.82) is 0 Å². The highest BCUT2D eigenvalue weighted by Gasteiger charge is 2.32. The molecule has 19 rings (SSSR count). The van der Waals surface area contributed by atoms with Crippen LogP contribution >= 0.6 is 11.3 Å². The molecule has 0 atom stereocenters. The van der Waals surface area contributed by atoms with E-state index in [0.717, 1.165) is 101 Å². The number of para-hydroxylation sites is 3. The number of hydrogen-bond donors (Lipinski definition) is 9. The number of sulfone groups is 4. The number of nitrogens with zero attached hydrogens (tertiary/aromatic N) is 17. The predicted octanol–water partition coefficient (Wildman–Crippen LogP) is 16.5. The second kappa shape index (κ2) is 45.2. The van der Waals surface area contributed by atoms with Crippen molar-refractivity contribution in [3.8, 4) is 34.0 Å². The zero-order valence-corrected chi connectivity index (χ0v) is 88.8. The van der Waals surface area contributed by atoms with Crippen LogP contribution < -0.4 is 42.5 Å². The number of carbonyl (C=O) groups is 4. The summed E-state index contributed by atoms with van der Waals surface area (Å²) >= 11 is 1.37. The van der Waals surface area contributed by atoms with E-state index in [1.165, 1.54) is 17.7 Å². The Hall–Kier alpha value is -14.3. The van der Waals surface area contributed by atoms with Gasteiger partial charge in [-0.25, -0.2) is 96.5 Å². The third-order valence-electron chi connectivity index (χ3n) is 25.1. The van der Waals surface area contributed by atoms with Crippen molar-refractivity contribution in [2.24, 2.45) is 0 Å². The number of urea groups is 4. The van der Waals surface area contributed by atoms with E-state index < -0.39 is 63.5 Å². The van der Waals surface area contributed by atoms with Gasteiger partial charge in [-0.05, 0) is 107 Å². The Morgan fingerprint density at radius 1 is 0.338 bits per heavy atom. The number of H-pyrrole nitrogens is 1. The molecule has 43 heteroatoms. The van der Waals surface area contributed by atoms with Crippen LogP contribution in [0.15, 0.2) is 236 Å². The summed E-state index contributed by atoms with van der Waals surface area (Å²) in [5, 5.41) is 45.3. The monoisotopic (exact) mass is 2100 g/mol. The number of anilines is 8. The molecular formula is C105H124N26O12S5. The Labute approximate surface area is 865 Å². The molecule has 4 fully saturated rings. The van der Waals surface area contributed by atoms with Crippen molar-refractivity contribution in [1.82, 2.24) is 88.6 Å². The summed E-state index contributed by atoms with van der Waals surface area (Å²) in [6.45, 7) is 32.0. The normalized spacial score (nSPS) is 15.9. The molecule has 0 aliphatic carbocycles. The second-order valence-corrected chi connectivity index (χ2v) is 51.1. The highest BCUT2D eigenvalue weighted by atomic mass is 32.2. The quantitative estimate of drug-likeness (QED) is 0.0323. The maximum absolute atomic E-state index is 12.9. The summed E-state index contributed by atoms with van der Waals surface area (Å²) in [6.07, 6.45) is 2.91. The Morgan fingerprint density at radius 2 is 0.669 bits per heavy atom. The highest BCUT2D eigenvalue weighted by Crippen LogP contribution is 2.35. The SMILES string of the molecule is CC(C)(C)c1cc(NC(=O)Nc2ccc3ccccc3n2)n(-c2ccc(CN3CCS(=O)(=O)CC3)cc2)n1.CC(C)(C)c1cc(NC(=O)Nc2ccncn2)n(-c2ccc(CN3CCS(=O)(=O)CC3)cc2)n1.CC(C)(C)c1cc(NC(=O)Nc2nc(-c3ccccc3)cs2)n(-c2ccc(CN3CCS(=O)(=O)CC3)cc2)n1.CC(C)(C)c1cc(NC(=O)Nc2nc3ccccc3[nH]2)n(-c2ccc(CN3CCS(=O)(=O)CC3)cc2)n1. The lowest BCUT2D eigenvalue weighted by Gasteiger charge is -2.26. The van der Waals surface area contributed by atoms with Gasteiger partial charge in [0.05, 0.1) is 114 Å². The predicted molar refractivity (Wildman–Crippen MR) is 583 cm³/mol. The Bertz CT molecular complexity index is 7640. The van der Waals surface area contributed by atoms with E-state index in [1.54, 1.807) is 37.1 Å². The lowest BCUT2D eigenvalue weighted by molar-refractivity contribution is 0.261. The molecule has 4 saturated heterocycles. The molecule has 4 aliphatic rings. The summed E-state index contributed by atoms with van der Waals surface area (Å²) in [5.41, 5.74) is 14.3. The summed E-state index contributed by atoms with van der Waals surface area (Å²) < 4.78 is 100. The van der Waals surface area contributed by atoms with E-state index in [4.69, 9.17) is 20.4 Å². The zero-order valence-electron chi connectivity index (χ0n) is 84.7. The molecule has 9 N–H and O–H groups in total. The van der Waals surface area contributed by atoms with E-state index in [-0.39, 0.29) is 67.7 Å². The van der Waals surface area contributed by atoms with Crippen LogP contribution in [-0.4, -0.2) is 245 Å². The van der Waals surface area contributed by atoms with Crippen molar-refractivity contribution in [2.75, 3.05) is 141 Å². The lowest BCUT2D eigenvalue weighted by atomic mass is 9.92. The van der Waals surface area contributed by atoms with Crippen molar-refractivity contribution >= 4 is 143 Å². The topological polar surface area (TPSA) is 466 Å². The molecule has 0 bridgehead atoms. The van der Waals surface area contributed by atoms with Gasteiger partial charge in [0.1, 0.15) is 41.2 Å². The van der Waals surface area contributed by atoms with Crippen LogP contribution in [0, 0.1) is 0 Å². The summed E-state index contributed by atoms with van der Waals surface area (Å²) in [7, 11) is -11.6. The molecule has 0 radical (unpaired) electrons. The minimum atomic E-state index is -2.90. The number of pyridine rings is 1. The van der Waals surface area contributed by atoms with Crippen LogP contribution in [0.5, 0.6) is 0 Å². The first-order valence-corrected chi connectivity index (χ1v) is 56.8. The van der Waals surface area contributed by atoms with Gasteiger partial charge in [0.15, 0.2) is 44.5 Å². The number of amides is 8. The number of aromatic amines is 1. The number of aromatic nitrogens is 14. The molecule has 0 saturated carbocycles. The number of imidazole rings is 1. The summed E-state index contributed by atoms with van der Waals surface area (Å²) in [5.74, 6) is 5.03. The average Bonchev–Trinajstić information content (AvgIpc) is 1.66. The van der Waals surface area contributed by atoms with Gasteiger partial charge >= 0.3 is 24.1 Å². The summed E-state index contributed by atoms with van der Waals surface area (Å²) in [4.78, 5) is 84.3. The minimum absolute atomic E-state index is 0.207. The Kier molecular flexibility index (Phi) is 32.5. The number of hydrogen-bond acceptors (Lipinski definition) is 26. The van der Waals surface area contributed by atoms with Gasteiger partial charge in [0.25, 0.3) is 0 Å². The number of fused-ring (bicyclic) bond motifs is 2. The number of thiazole rings is 1. The van der Waals surface area contributed by atoms with Crippen LogP contribution in [0.3, 0.4) is 0 Å². The molecule has 7 aromatic carbocycles. The highest BCUT2D eigenvalue weighted by molar-refractivity contribution is 7.92. The molecular weight excluding hydrogens is 1980 g/mol. The van der Waals surface area contributed by atoms with Gasteiger partial charge in [-0.3, -0.25) is 62.1 Å². The van der Waals surface area contributed by atoms with Crippen LogP contribution in [0.25, 0.3) is 55.9 Å². The maximum atomic E-state index is 12.9. The van der Waals surface area contributed by atoms with E-state index in [0.29, 0.717) is 125 Å². The largest absolute Gasteiger partial charge is 0.327 e. The fourth-order valence-corrected chi connectivity index (χ4v) is 22.2. The Morgan fingerprint density at radius 3 is 1.02 bits per heavy atom. The second-order valence-electron chi connectivity index (χ2n) is 41.0. The van der Waals surface area contributed by atoms with Crippen molar-refractivity contribution in [3.63, 3.8) is 0 Å². The number of nitrogens with one attached hydrogen (secondary N) is 9. The first-order chi connectivity index (χ1) is 70.3. The standard InChI is InChI=1S/C28H32N6O3S2.C28H32N6O3S.C26H31N7O3S.C23H29N7O3S/c1-28(2,3)24-17-25(30-26(35)31-27-29-23(19-38-27)21-7-5-4-6-8-21)34(32-24)22-11-9-20(10-12-22)18-33-13-15-39(36,37)16-14-33;1-28(2,3)24-18-26(31-27(35)30-25-13-10-21-6-4-5-7-23(21)29-25)34(32-24)22-11-8-20(9-12-22)19-33-14-16-38(36,37)17-15-33;1-26(2,3)22-16-23(29-25(34)30-24-27-20-6-4-5-7-21(20)28-24)33(31-22)19-10-8-18(9-11-19)17-32-12-14-37(35,36)15-13-32;1-23(2,3)19-14-21(27-22(31)26-20-8-9-24-16-25-20)30(28-19)18-6-4-17(5-7-18)15-29-10-12-34(32,33)13-11-29/h4-12,17,19H,13-16,18H2,1-3H3,(H2,29,30,31,35);4-13,18H,14-17,19H2,1-3H3,(H2,29,30,31,35);4-11,16H,12-15,17H2,1-3H3,(H3,27,28,29,30,34);4-9,14,16H,10-13,15H2,1-3H3,(H2,24,25,26,27,31). The fourth-order valence-electron chi connectivity index (χ4n) is 16.4. The van der Waals surface area contributed by atoms with Crippen molar-refractivity contribution in [2.45, 2.75) is 131 Å². The van der Waals surface area contributed by atoms with Gasteiger partial charge in [-0.15, -0.1) is 11.3 Å². The van der Waals surface area contributed by atoms with Crippen LogP contribution in [-0.2, 0) is 87.2 Å². The molecule has 8 amide bonds. The van der Waals surface area contributed by atoms with Crippen molar-refractivity contribution in [3.05, 3.63) is 281 Å². The molecule has 0 unspecified atom stereocenters. The van der Waals surface area contributed by atoms with E-state index in [9.17, 15) is 52.8 Å². The molecule has 148 heavy (non-hydrogen) atoms. The number of carbonyl (C=O) groups excluding carboxylic acids is 4. The third kappa shape index (κ3) is 29.2. The zero-order chi connectivity index (χ0) is 105. The molecule has 38 nitrogen and oxygen atoms in total. The van der Waals surface area contributed by atoms with Gasteiger partial charge in [0.2, 0.25) is 5.95 Å². The van der Waals surface area contributed by atoms with E-state index >= 15 is 0 Å². The third-order valence-corrected chi connectivity index (χ3v) is 32.2. The molecule has 15 aromatic rings. The van der Waals surface area contributed by atoms with Crippen LogP contribution in [0.4, 0.5) is 65.2 Å². The van der Waals surface area contributed by atoms with Crippen molar-refractivity contribution < 1.29 is 52.8 Å². The molecule has 12 heterocycles. The van der Waals surface area contributed by atoms with E-state index in [2.05, 4.69) is 175 Å². The minimum Gasteiger partial charge on any atom is -0.324 e. The number of benzene rings is 7. The van der Waals surface area contributed by atoms with Gasteiger partial charge in [-0.2, -0.15) is 20.4 Å². The maximum Gasteiger partial charge on any atom is 0.327 e. The van der Waals surface area contributed by atoms with Gasteiger partial charge in [0, 0.05) is 147 Å². The Balaban J connectivity index is 0.000000141. The van der Waals surface area contributed by atoms with Crippen LogP contribution in [0.2, 0.25) is 0 Å². The van der Waals surface area contributed by atoms with Gasteiger partial charge < -0.3 is 4.98 Å². The molecule has 4 aliphatic heterocycles. The number of rotatable bonds is 21.